The molecule has 1 amide bonds. The monoisotopic (exact) mass is 312 g/mol. The quantitative estimate of drug-likeness (QED) is 0.793. The molecule has 0 unspecified atom stereocenters. The van der Waals surface area contributed by atoms with Gasteiger partial charge in [0.05, 0.1) is 12.3 Å². The van der Waals surface area contributed by atoms with E-state index in [4.69, 9.17) is 14.7 Å². The maximum Gasteiger partial charge on any atom is 0.290 e. The summed E-state index contributed by atoms with van der Waals surface area (Å²) < 4.78 is 10.8. The second-order valence-electron chi connectivity index (χ2n) is 5.71. The highest BCUT2D eigenvalue weighted by Crippen LogP contribution is 2.33. The predicted octanol–water partition coefficient (Wildman–Crippen LogP) is 2.25. The molecule has 3 heterocycles. The van der Waals surface area contributed by atoms with Crippen LogP contribution in [-0.2, 0) is 6.54 Å². The summed E-state index contributed by atoms with van der Waals surface area (Å²) in [6, 6.07) is 7.97. The Balaban J connectivity index is 1.59. The highest BCUT2D eigenvalue weighted by atomic mass is 16.5. The van der Waals surface area contributed by atoms with E-state index in [0.29, 0.717) is 5.89 Å². The maximum absolute atomic E-state index is 11.1. The molecular formula is C16H16N4O3. The number of carbonyl (C=O) groups is 1. The highest BCUT2D eigenvalue weighted by molar-refractivity contribution is 5.88. The Bertz CT molecular complexity index is 854. The number of nitrogens with zero attached hydrogens (tertiary/aromatic N) is 3. The van der Waals surface area contributed by atoms with Crippen molar-refractivity contribution in [1.29, 1.82) is 0 Å². The minimum atomic E-state index is -0.676. The number of likely N-dealkylation sites (tertiary alicyclic amines) is 1. The van der Waals surface area contributed by atoms with Gasteiger partial charge in [0.1, 0.15) is 5.58 Å². The first-order chi connectivity index (χ1) is 11.2. The zero-order valence-corrected chi connectivity index (χ0v) is 12.4. The van der Waals surface area contributed by atoms with Gasteiger partial charge in [0, 0.05) is 17.5 Å². The van der Waals surface area contributed by atoms with Gasteiger partial charge in [0.15, 0.2) is 0 Å². The Kier molecular flexibility index (Phi) is 3.34. The van der Waals surface area contributed by atoms with Crippen molar-refractivity contribution >= 4 is 16.9 Å². The molecule has 0 saturated carbocycles. The molecule has 3 aromatic rings. The van der Waals surface area contributed by atoms with Crippen LogP contribution in [0.15, 0.2) is 39.5 Å². The number of hydrogen-bond acceptors (Lipinski definition) is 6. The first kappa shape index (κ1) is 14.0. The number of rotatable bonds is 4. The van der Waals surface area contributed by atoms with Crippen molar-refractivity contribution in [1.82, 2.24) is 15.0 Å². The number of hydrogen-bond donors (Lipinski definition) is 1. The Hall–Kier alpha value is -2.67. The van der Waals surface area contributed by atoms with Gasteiger partial charge in [0.25, 0.3) is 11.7 Å². The lowest BCUT2D eigenvalue weighted by molar-refractivity contribution is 0.0987. The van der Waals surface area contributed by atoms with Gasteiger partial charge in [-0.15, -0.1) is 0 Å². The molecule has 7 heteroatoms. The first-order valence-corrected chi connectivity index (χ1v) is 7.55. The van der Waals surface area contributed by atoms with Crippen LogP contribution in [0, 0.1) is 0 Å². The molecule has 1 atom stereocenters. The van der Waals surface area contributed by atoms with E-state index in [1.54, 1.807) is 6.26 Å². The van der Waals surface area contributed by atoms with Crippen LogP contribution < -0.4 is 5.73 Å². The summed E-state index contributed by atoms with van der Waals surface area (Å²) in [7, 11) is 0. The molecule has 0 radical (unpaired) electrons. The molecule has 2 N–H and O–H groups in total. The van der Waals surface area contributed by atoms with Crippen LogP contribution in [0.4, 0.5) is 0 Å². The third kappa shape index (κ3) is 2.49. The molecule has 0 aliphatic carbocycles. The lowest BCUT2D eigenvalue weighted by Gasteiger charge is -2.20. The van der Waals surface area contributed by atoms with E-state index in [1.807, 2.05) is 18.2 Å². The third-order valence-corrected chi connectivity index (χ3v) is 4.25. The molecule has 4 rings (SSSR count). The van der Waals surface area contributed by atoms with Crippen LogP contribution in [0.5, 0.6) is 0 Å². The smallest absolute Gasteiger partial charge is 0.290 e. The zero-order valence-electron chi connectivity index (χ0n) is 12.4. The van der Waals surface area contributed by atoms with Crippen molar-refractivity contribution in [2.45, 2.75) is 25.4 Å². The summed E-state index contributed by atoms with van der Waals surface area (Å²) in [5.74, 6) is -0.296. The summed E-state index contributed by atoms with van der Waals surface area (Å²) in [4.78, 5) is 17.5. The fourth-order valence-corrected chi connectivity index (χ4v) is 3.14. The van der Waals surface area contributed by atoms with Crippen molar-refractivity contribution in [3.63, 3.8) is 0 Å². The van der Waals surface area contributed by atoms with E-state index >= 15 is 0 Å². The minimum absolute atomic E-state index is 0.00395. The normalized spacial score (nSPS) is 18.7. The summed E-state index contributed by atoms with van der Waals surface area (Å²) in [6.45, 7) is 1.66. The topological polar surface area (TPSA) is 98.4 Å². The average Bonchev–Trinajstić information content (AvgIpc) is 3.26. The molecule has 1 aliphatic rings. The van der Waals surface area contributed by atoms with E-state index in [2.05, 4.69) is 21.1 Å². The molecule has 2 aromatic heterocycles. The lowest BCUT2D eigenvalue weighted by Crippen LogP contribution is -2.23. The van der Waals surface area contributed by atoms with Crippen LogP contribution in [0.1, 0.15) is 41.0 Å². The van der Waals surface area contributed by atoms with Crippen LogP contribution in [-0.4, -0.2) is 27.5 Å². The average molecular weight is 312 g/mol. The summed E-state index contributed by atoms with van der Waals surface area (Å²) in [5, 5.41) is 4.75. The van der Waals surface area contributed by atoms with E-state index < -0.39 is 5.91 Å². The molecule has 0 spiro atoms. The van der Waals surface area contributed by atoms with Crippen molar-refractivity contribution in [2.75, 3.05) is 6.54 Å². The Morgan fingerprint density at radius 2 is 2.26 bits per heavy atom. The van der Waals surface area contributed by atoms with Crippen molar-refractivity contribution in [2.24, 2.45) is 5.73 Å². The number of nitrogens with two attached hydrogens (primary N) is 1. The third-order valence-electron chi connectivity index (χ3n) is 4.25. The number of benzene rings is 1. The zero-order chi connectivity index (χ0) is 15.8. The fourth-order valence-electron chi connectivity index (χ4n) is 3.14. The number of aromatic nitrogens is 2. The van der Waals surface area contributed by atoms with Gasteiger partial charge in [0.2, 0.25) is 5.89 Å². The van der Waals surface area contributed by atoms with Crippen LogP contribution in [0.25, 0.3) is 11.0 Å². The number of primary amides is 1. The standard InChI is InChI=1S/C16H16N4O3/c17-14(21)15-18-16(23-19-15)12-5-3-7-20(12)8-10-9-22-13-6-2-1-4-11(10)13/h1-2,4,6,9,12H,3,5,7-8H2,(H2,17,21)/t12-/m1/s1. The summed E-state index contributed by atoms with van der Waals surface area (Å²) in [5.41, 5.74) is 7.19. The molecule has 7 nitrogen and oxygen atoms in total. The first-order valence-electron chi connectivity index (χ1n) is 7.55. The van der Waals surface area contributed by atoms with Gasteiger partial charge < -0.3 is 14.7 Å². The highest BCUT2D eigenvalue weighted by Gasteiger charge is 2.31. The molecular weight excluding hydrogens is 296 g/mol. The second kappa shape index (κ2) is 5.51. The number of amides is 1. The van der Waals surface area contributed by atoms with Crippen LogP contribution in [0.2, 0.25) is 0 Å². The molecule has 118 valence electrons. The maximum atomic E-state index is 11.1. The molecule has 1 fully saturated rings. The van der Waals surface area contributed by atoms with E-state index in [1.165, 1.54) is 0 Å². The van der Waals surface area contributed by atoms with Crippen molar-refractivity contribution in [3.8, 4) is 0 Å². The van der Waals surface area contributed by atoms with Gasteiger partial charge in [-0.3, -0.25) is 9.69 Å². The number of furan rings is 1. The molecule has 1 aromatic carbocycles. The summed E-state index contributed by atoms with van der Waals surface area (Å²) >= 11 is 0. The van der Waals surface area contributed by atoms with Crippen molar-refractivity contribution < 1.29 is 13.7 Å². The van der Waals surface area contributed by atoms with Gasteiger partial charge in [-0.25, -0.2) is 0 Å². The number of carbonyl (C=O) groups excluding carboxylic acids is 1. The van der Waals surface area contributed by atoms with Gasteiger partial charge in [-0.2, -0.15) is 4.98 Å². The Labute approximate surface area is 132 Å². The largest absolute Gasteiger partial charge is 0.464 e. The lowest BCUT2D eigenvalue weighted by atomic mass is 10.1. The Morgan fingerprint density at radius 1 is 1.39 bits per heavy atom. The Morgan fingerprint density at radius 3 is 3.09 bits per heavy atom. The van der Waals surface area contributed by atoms with E-state index in [-0.39, 0.29) is 11.9 Å². The molecule has 1 aliphatic heterocycles. The number of fused-ring (bicyclic) bond motifs is 1. The van der Waals surface area contributed by atoms with E-state index in [0.717, 1.165) is 42.5 Å². The van der Waals surface area contributed by atoms with Gasteiger partial charge in [-0.1, -0.05) is 23.4 Å². The van der Waals surface area contributed by atoms with E-state index in [9.17, 15) is 4.79 Å². The van der Waals surface area contributed by atoms with Gasteiger partial charge in [-0.05, 0) is 25.5 Å². The molecule has 0 bridgehead atoms. The predicted molar refractivity (Wildman–Crippen MR) is 81.4 cm³/mol. The van der Waals surface area contributed by atoms with Crippen LogP contribution in [0.3, 0.4) is 0 Å². The molecule has 1 saturated heterocycles. The minimum Gasteiger partial charge on any atom is -0.464 e. The summed E-state index contributed by atoms with van der Waals surface area (Å²) in [6.07, 6.45) is 3.74. The SMILES string of the molecule is NC(=O)c1noc([C@H]2CCCN2Cc2coc3ccccc23)n1. The molecule has 23 heavy (non-hydrogen) atoms. The second-order valence-corrected chi connectivity index (χ2v) is 5.71. The van der Waals surface area contributed by atoms with Gasteiger partial charge >= 0.3 is 0 Å². The fraction of sp³-hybridized carbons (Fsp3) is 0.312. The van der Waals surface area contributed by atoms with Crippen LogP contribution >= 0.6 is 0 Å². The number of para-hydroxylation sites is 1. The van der Waals surface area contributed by atoms with Crippen molar-refractivity contribution in [3.05, 3.63) is 47.8 Å².